The van der Waals surface area contributed by atoms with Gasteiger partial charge < -0.3 is 0 Å². The van der Waals surface area contributed by atoms with E-state index in [0.29, 0.717) is 12.0 Å². The van der Waals surface area contributed by atoms with Gasteiger partial charge in [-0.15, -0.1) is 0 Å². The number of nitrogens with zero attached hydrogens (tertiary/aromatic N) is 3. The lowest BCUT2D eigenvalue weighted by Crippen LogP contribution is -2.01. The van der Waals surface area contributed by atoms with E-state index in [9.17, 15) is 0 Å². The summed E-state index contributed by atoms with van der Waals surface area (Å²) in [5.41, 5.74) is 0. The monoisotopic (exact) mass is 165 g/mol. The third kappa shape index (κ3) is 1.24. The molecule has 1 aromatic heterocycles. The molecule has 0 aromatic carbocycles. The van der Waals surface area contributed by atoms with Crippen molar-refractivity contribution in [2.75, 3.05) is 0 Å². The molecule has 1 fully saturated rings. The minimum atomic E-state index is 0.431. The Bertz CT molecular complexity index is 277. The van der Waals surface area contributed by atoms with E-state index in [4.69, 9.17) is 0 Å². The van der Waals surface area contributed by atoms with Gasteiger partial charge in [0.1, 0.15) is 6.33 Å². The Hall–Kier alpha value is -0.860. The Morgan fingerprint density at radius 2 is 2.25 bits per heavy atom. The van der Waals surface area contributed by atoms with Crippen molar-refractivity contribution < 1.29 is 0 Å². The number of rotatable bonds is 2. The molecule has 0 N–H and O–H groups in total. The molecule has 1 aliphatic carbocycles. The number of hydrogen-bond donors (Lipinski definition) is 0. The summed E-state index contributed by atoms with van der Waals surface area (Å²) in [6, 6.07) is 0.431. The molecule has 12 heavy (non-hydrogen) atoms. The molecule has 2 unspecified atom stereocenters. The van der Waals surface area contributed by atoms with Gasteiger partial charge in [-0.05, 0) is 26.2 Å². The van der Waals surface area contributed by atoms with Gasteiger partial charge in [0.25, 0.3) is 0 Å². The first-order valence-electron chi connectivity index (χ1n) is 4.59. The normalized spacial score (nSPS) is 28.0. The molecule has 0 bridgehead atoms. The minimum Gasteiger partial charge on any atom is -0.250 e. The highest BCUT2D eigenvalue weighted by Gasteiger charge is 2.37. The quantitative estimate of drug-likeness (QED) is 0.671. The van der Waals surface area contributed by atoms with Gasteiger partial charge in [-0.25, -0.2) is 4.98 Å². The van der Waals surface area contributed by atoms with Crippen LogP contribution in [0.15, 0.2) is 6.33 Å². The predicted molar refractivity (Wildman–Crippen MR) is 46.9 cm³/mol. The van der Waals surface area contributed by atoms with Gasteiger partial charge in [-0.2, -0.15) is 5.10 Å². The maximum absolute atomic E-state index is 4.43. The van der Waals surface area contributed by atoms with E-state index in [2.05, 4.69) is 30.9 Å². The van der Waals surface area contributed by atoms with Gasteiger partial charge in [0.15, 0.2) is 5.82 Å². The molecule has 2 atom stereocenters. The highest BCUT2D eigenvalue weighted by molar-refractivity contribution is 5.06. The lowest BCUT2D eigenvalue weighted by molar-refractivity contribution is 0.525. The highest BCUT2D eigenvalue weighted by atomic mass is 15.3. The summed E-state index contributed by atoms with van der Waals surface area (Å²) in [5, 5.41) is 4.43. The van der Waals surface area contributed by atoms with E-state index in [1.807, 2.05) is 11.0 Å². The van der Waals surface area contributed by atoms with Gasteiger partial charge in [0.05, 0.1) is 0 Å². The van der Waals surface area contributed by atoms with Crippen LogP contribution in [0.4, 0.5) is 0 Å². The lowest BCUT2D eigenvalue weighted by Gasteiger charge is -2.01. The van der Waals surface area contributed by atoms with Crippen LogP contribution in [-0.4, -0.2) is 14.8 Å². The van der Waals surface area contributed by atoms with Crippen molar-refractivity contribution in [3.63, 3.8) is 0 Å². The van der Waals surface area contributed by atoms with Gasteiger partial charge in [-0.1, -0.05) is 6.92 Å². The largest absolute Gasteiger partial charge is 0.250 e. The minimum absolute atomic E-state index is 0.431. The molecule has 0 amide bonds. The Balaban J connectivity index is 2.14. The molecule has 3 heteroatoms. The third-order valence-electron chi connectivity index (χ3n) is 2.50. The van der Waals surface area contributed by atoms with Gasteiger partial charge in [0, 0.05) is 12.0 Å². The molecule has 0 saturated heterocycles. The Morgan fingerprint density at radius 3 is 2.67 bits per heavy atom. The van der Waals surface area contributed by atoms with Crippen molar-refractivity contribution in [3.05, 3.63) is 12.2 Å². The van der Waals surface area contributed by atoms with Crippen LogP contribution >= 0.6 is 0 Å². The molecule has 3 nitrogen and oxygen atoms in total. The van der Waals surface area contributed by atoms with E-state index in [1.165, 1.54) is 6.42 Å². The van der Waals surface area contributed by atoms with Crippen molar-refractivity contribution in [2.24, 2.45) is 5.92 Å². The van der Waals surface area contributed by atoms with Gasteiger partial charge in [-0.3, -0.25) is 4.68 Å². The molecule has 1 aliphatic rings. The van der Waals surface area contributed by atoms with E-state index in [1.54, 1.807) is 0 Å². The maximum Gasteiger partial charge on any atom is 0.153 e. The van der Waals surface area contributed by atoms with Crippen LogP contribution in [0.2, 0.25) is 0 Å². The summed E-state index contributed by atoms with van der Waals surface area (Å²) in [4.78, 5) is 4.30. The van der Waals surface area contributed by atoms with Crippen molar-refractivity contribution in [1.82, 2.24) is 14.8 Å². The molecule has 1 heterocycles. The second-order valence-electron chi connectivity index (χ2n) is 4.00. The predicted octanol–water partition coefficient (Wildman–Crippen LogP) is 1.98. The first-order valence-corrected chi connectivity index (χ1v) is 4.59. The molecular weight excluding hydrogens is 150 g/mol. The summed E-state index contributed by atoms with van der Waals surface area (Å²) in [5.74, 6) is 2.48. The summed E-state index contributed by atoms with van der Waals surface area (Å²) in [7, 11) is 0. The zero-order chi connectivity index (χ0) is 8.72. The summed E-state index contributed by atoms with van der Waals surface area (Å²) < 4.78 is 1.93. The summed E-state index contributed by atoms with van der Waals surface area (Å²) in [6.45, 7) is 6.49. The maximum atomic E-state index is 4.43. The smallest absolute Gasteiger partial charge is 0.153 e. The van der Waals surface area contributed by atoms with Crippen LogP contribution in [0.1, 0.15) is 45.0 Å². The molecule has 66 valence electrons. The first kappa shape index (κ1) is 7.77. The third-order valence-corrected chi connectivity index (χ3v) is 2.50. The first-order chi connectivity index (χ1) is 5.68. The van der Waals surface area contributed by atoms with E-state index in [-0.39, 0.29) is 0 Å². The van der Waals surface area contributed by atoms with Crippen LogP contribution in [-0.2, 0) is 0 Å². The fraction of sp³-hybridized carbons (Fsp3) is 0.778. The van der Waals surface area contributed by atoms with Gasteiger partial charge in [0.2, 0.25) is 0 Å². The van der Waals surface area contributed by atoms with Gasteiger partial charge >= 0.3 is 0 Å². The Labute approximate surface area is 72.8 Å². The van der Waals surface area contributed by atoms with E-state index < -0.39 is 0 Å². The van der Waals surface area contributed by atoms with Crippen molar-refractivity contribution in [2.45, 2.75) is 39.2 Å². The second kappa shape index (κ2) is 2.57. The molecule has 1 saturated carbocycles. The second-order valence-corrected chi connectivity index (χ2v) is 4.00. The van der Waals surface area contributed by atoms with Crippen molar-refractivity contribution in [1.29, 1.82) is 0 Å². The Kier molecular flexibility index (Phi) is 1.67. The molecular formula is C9H15N3. The van der Waals surface area contributed by atoms with E-state index >= 15 is 0 Å². The zero-order valence-electron chi connectivity index (χ0n) is 7.86. The van der Waals surface area contributed by atoms with Crippen molar-refractivity contribution in [3.8, 4) is 0 Å². The molecule has 0 aliphatic heterocycles. The number of hydrogen-bond acceptors (Lipinski definition) is 2. The van der Waals surface area contributed by atoms with Crippen LogP contribution in [0.3, 0.4) is 0 Å². The van der Waals surface area contributed by atoms with Crippen LogP contribution in [0.25, 0.3) is 0 Å². The lowest BCUT2D eigenvalue weighted by atomic mass is 10.3. The fourth-order valence-corrected chi connectivity index (χ4v) is 1.39. The molecule has 1 aromatic rings. The number of aromatic nitrogens is 3. The average Bonchev–Trinajstić information content (AvgIpc) is 2.59. The van der Waals surface area contributed by atoms with Crippen LogP contribution in [0, 0.1) is 5.92 Å². The van der Waals surface area contributed by atoms with E-state index in [0.717, 1.165) is 11.7 Å². The average molecular weight is 165 g/mol. The standard InChI is InChI=1S/C9H15N3/c1-6(2)12-5-10-9(11-12)8-4-7(8)3/h5-8H,4H2,1-3H3. The van der Waals surface area contributed by atoms with Crippen molar-refractivity contribution >= 4 is 0 Å². The fourth-order valence-electron chi connectivity index (χ4n) is 1.39. The summed E-state index contributed by atoms with van der Waals surface area (Å²) >= 11 is 0. The van der Waals surface area contributed by atoms with Crippen LogP contribution < -0.4 is 0 Å². The zero-order valence-corrected chi connectivity index (χ0v) is 7.86. The molecule has 2 rings (SSSR count). The topological polar surface area (TPSA) is 30.7 Å². The molecule has 0 spiro atoms. The Morgan fingerprint density at radius 1 is 1.58 bits per heavy atom. The SMILES string of the molecule is CC1CC1c1ncn(C(C)C)n1. The van der Waals surface area contributed by atoms with Crippen LogP contribution in [0.5, 0.6) is 0 Å². The highest BCUT2D eigenvalue weighted by Crippen LogP contribution is 2.45. The molecule has 0 radical (unpaired) electrons. The summed E-state index contributed by atoms with van der Waals surface area (Å²) in [6.07, 6.45) is 3.10.